The number of thioether (sulfide) groups is 1. The van der Waals surface area contributed by atoms with Gasteiger partial charge in [0, 0.05) is 47.1 Å². The molecule has 13 nitrogen and oxygen atoms in total. The summed E-state index contributed by atoms with van der Waals surface area (Å²) in [4.78, 5) is 78.5. The van der Waals surface area contributed by atoms with Crippen LogP contribution >= 0.6 is 11.8 Å². The number of aryl methyl sites for hydroxylation is 1. The van der Waals surface area contributed by atoms with Crippen LogP contribution in [-0.4, -0.2) is 72.3 Å². The van der Waals surface area contributed by atoms with Crippen LogP contribution in [0.15, 0.2) is 63.9 Å². The summed E-state index contributed by atoms with van der Waals surface area (Å²) >= 11 is 1.51. The number of aromatic nitrogens is 1. The lowest BCUT2D eigenvalue weighted by atomic mass is 10.0. The van der Waals surface area contributed by atoms with Crippen molar-refractivity contribution in [2.45, 2.75) is 44.7 Å². The molecule has 0 aliphatic heterocycles. The van der Waals surface area contributed by atoms with E-state index in [0.29, 0.717) is 34.4 Å². The van der Waals surface area contributed by atoms with E-state index in [1.165, 1.54) is 24.9 Å². The predicted molar refractivity (Wildman–Crippen MR) is 179 cm³/mol. The molecule has 5 N–H and O–H groups in total. The third-order valence-corrected chi connectivity index (χ3v) is 8.09. The van der Waals surface area contributed by atoms with E-state index in [-0.39, 0.29) is 19.3 Å². The summed E-state index contributed by atoms with van der Waals surface area (Å²) in [6, 6.07) is 11.7. The van der Waals surface area contributed by atoms with Crippen LogP contribution in [0.25, 0.3) is 21.9 Å². The SMILES string of the molecule is COC(=O)CCC(=O)NCC(=O)N[C@@H](Cc1c[nH]c2ccccc12)C(=O)N[C@@H](CCSC)C(=O)Nc1ccc2oc(=O)cc(C)c2c1. The predicted octanol–water partition coefficient (Wildman–Crippen LogP) is 2.56. The van der Waals surface area contributed by atoms with E-state index in [1.807, 2.05) is 30.5 Å². The fraction of sp³-hybridized carbons (Fsp3) is 0.333. The number of hydrogen-bond acceptors (Lipinski definition) is 9. The minimum Gasteiger partial charge on any atom is -0.469 e. The van der Waals surface area contributed by atoms with Gasteiger partial charge in [-0.25, -0.2) is 4.79 Å². The van der Waals surface area contributed by atoms with Crippen LogP contribution in [0.2, 0.25) is 0 Å². The number of anilines is 1. The highest BCUT2D eigenvalue weighted by Crippen LogP contribution is 2.22. The third kappa shape index (κ3) is 9.69. The Kier molecular flexibility index (Phi) is 12.2. The summed E-state index contributed by atoms with van der Waals surface area (Å²) < 4.78 is 9.76. The van der Waals surface area contributed by atoms with Gasteiger partial charge >= 0.3 is 11.6 Å². The molecule has 0 saturated heterocycles. The molecule has 0 unspecified atom stereocenters. The molecule has 0 aliphatic carbocycles. The summed E-state index contributed by atoms with van der Waals surface area (Å²) in [5, 5.41) is 12.3. The van der Waals surface area contributed by atoms with Gasteiger partial charge in [-0.1, -0.05) is 18.2 Å². The van der Waals surface area contributed by atoms with Crippen molar-refractivity contribution in [2.75, 3.05) is 31.0 Å². The fourth-order valence-corrected chi connectivity index (χ4v) is 5.43. The van der Waals surface area contributed by atoms with Gasteiger partial charge in [-0.3, -0.25) is 24.0 Å². The number of para-hydroxylation sites is 1. The van der Waals surface area contributed by atoms with E-state index in [4.69, 9.17) is 4.42 Å². The van der Waals surface area contributed by atoms with Crippen LogP contribution in [0.4, 0.5) is 5.69 Å². The Balaban J connectivity index is 1.50. The first-order chi connectivity index (χ1) is 22.6. The van der Waals surface area contributed by atoms with Crippen molar-refractivity contribution >= 4 is 68.9 Å². The molecule has 0 fully saturated rings. The largest absolute Gasteiger partial charge is 0.469 e. The van der Waals surface area contributed by atoms with E-state index >= 15 is 0 Å². The van der Waals surface area contributed by atoms with Gasteiger partial charge in [-0.2, -0.15) is 11.8 Å². The number of methoxy groups -OCH3 is 1. The molecule has 2 aromatic heterocycles. The van der Waals surface area contributed by atoms with Gasteiger partial charge in [0.15, 0.2) is 0 Å². The minimum atomic E-state index is -1.09. The second-order valence-corrected chi connectivity index (χ2v) is 11.8. The topological polar surface area (TPSA) is 189 Å². The molecular formula is C33H37N5O8S. The average molecular weight is 664 g/mol. The number of rotatable bonds is 15. The summed E-state index contributed by atoms with van der Waals surface area (Å²) in [6.45, 7) is 1.35. The third-order valence-electron chi connectivity index (χ3n) is 7.44. The summed E-state index contributed by atoms with van der Waals surface area (Å²) in [5.41, 5.74) is 2.68. The lowest BCUT2D eigenvalue weighted by Crippen LogP contribution is -2.54. The summed E-state index contributed by atoms with van der Waals surface area (Å²) in [7, 11) is 1.22. The van der Waals surface area contributed by atoms with Crippen molar-refractivity contribution in [1.82, 2.24) is 20.9 Å². The van der Waals surface area contributed by atoms with Gasteiger partial charge < -0.3 is 35.4 Å². The number of benzene rings is 2. The maximum absolute atomic E-state index is 13.8. The number of carbonyl (C=O) groups excluding carboxylic acids is 5. The van der Waals surface area contributed by atoms with E-state index < -0.39 is 53.9 Å². The van der Waals surface area contributed by atoms with E-state index in [9.17, 15) is 28.8 Å². The van der Waals surface area contributed by atoms with Crippen molar-refractivity contribution < 1.29 is 33.1 Å². The highest BCUT2D eigenvalue weighted by Gasteiger charge is 2.28. The quantitative estimate of drug-likeness (QED) is 0.0941. The number of carbonyl (C=O) groups is 5. The van der Waals surface area contributed by atoms with Crippen LogP contribution in [-0.2, 0) is 35.1 Å². The number of amides is 4. The molecule has 4 rings (SSSR count). The molecule has 0 aliphatic rings. The smallest absolute Gasteiger partial charge is 0.336 e. The van der Waals surface area contributed by atoms with Gasteiger partial charge in [-0.15, -0.1) is 0 Å². The summed E-state index contributed by atoms with van der Waals surface area (Å²) in [5.74, 6) is -2.18. The number of aromatic amines is 1. The molecule has 0 radical (unpaired) electrons. The van der Waals surface area contributed by atoms with Crippen LogP contribution in [0.3, 0.4) is 0 Å². The first kappa shape index (κ1) is 34.8. The molecule has 14 heteroatoms. The van der Waals surface area contributed by atoms with E-state index in [0.717, 1.165) is 16.5 Å². The number of hydrogen-bond donors (Lipinski definition) is 5. The lowest BCUT2D eigenvalue weighted by molar-refractivity contribution is -0.142. The Morgan fingerprint density at radius 3 is 2.49 bits per heavy atom. The Bertz CT molecular complexity index is 1830. The number of ether oxygens (including phenoxy) is 1. The zero-order valence-corrected chi connectivity index (χ0v) is 27.1. The van der Waals surface area contributed by atoms with Crippen LogP contribution in [0.1, 0.15) is 30.4 Å². The lowest BCUT2D eigenvalue weighted by Gasteiger charge is -2.23. The second kappa shape index (κ2) is 16.5. The second-order valence-electron chi connectivity index (χ2n) is 10.8. The molecular weight excluding hydrogens is 626 g/mol. The van der Waals surface area contributed by atoms with Crippen molar-refractivity contribution in [1.29, 1.82) is 0 Å². The first-order valence-electron chi connectivity index (χ1n) is 14.9. The molecule has 0 bridgehead atoms. The number of H-pyrrole nitrogens is 1. The maximum atomic E-state index is 13.8. The van der Waals surface area contributed by atoms with Crippen molar-refractivity contribution in [3.8, 4) is 0 Å². The van der Waals surface area contributed by atoms with Crippen LogP contribution in [0, 0.1) is 6.92 Å². The average Bonchev–Trinajstić information content (AvgIpc) is 3.46. The van der Waals surface area contributed by atoms with Gasteiger partial charge in [0.2, 0.25) is 23.6 Å². The van der Waals surface area contributed by atoms with E-state index in [1.54, 1.807) is 31.3 Å². The zero-order chi connectivity index (χ0) is 33.9. The fourth-order valence-electron chi connectivity index (χ4n) is 4.96. The monoisotopic (exact) mass is 663 g/mol. The molecule has 47 heavy (non-hydrogen) atoms. The standard InChI is InChI=1S/C33H37N5O8S/c1-19-14-31(42)46-27-9-8-21(16-23(19)27)36-32(43)25(12-13-47-3)38-33(44)26(15-20-17-34-24-7-5-4-6-22(20)24)37-29(40)18-35-28(39)10-11-30(41)45-2/h4-9,14,16-17,25-26,34H,10-13,15,18H2,1-3H3,(H,35,39)(H,36,43)(H,37,40)(H,38,44)/t25-,26-/m0/s1. The molecule has 0 spiro atoms. The minimum absolute atomic E-state index is 0.101. The molecule has 2 heterocycles. The number of esters is 1. The maximum Gasteiger partial charge on any atom is 0.336 e. The molecule has 2 aromatic carbocycles. The van der Waals surface area contributed by atoms with Crippen molar-refractivity contribution in [3.05, 3.63) is 76.3 Å². The summed E-state index contributed by atoms with van der Waals surface area (Å²) in [6.07, 6.45) is 3.76. The number of fused-ring (bicyclic) bond motifs is 2. The highest BCUT2D eigenvalue weighted by atomic mass is 32.2. The van der Waals surface area contributed by atoms with Gasteiger partial charge in [-0.05, 0) is 60.7 Å². The molecule has 2 atom stereocenters. The molecule has 0 saturated carbocycles. The zero-order valence-electron chi connectivity index (χ0n) is 26.3. The molecule has 4 aromatic rings. The molecule has 248 valence electrons. The normalized spacial score (nSPS) is 12.2. The van der Waals surface area contributed by atoms with Crippen LogP contribution < -0.4 is 26.9 Å². The van der Waals surface area contributed by atoms with Crippen LogP contribution in [0.5, 0.6) is 0 Å². The van der Waals surface area contributed by atoms with E-state index in [2.05, 4.69) is 31.0 Å². The molecule has 4 amide bonds. The van der Waals surface area contributed by atoms with Gasteiger partial charge in [0.25, 0.3) is 0 Å². The van der Waals surface area contributed by atoms with Gasteiger partial charge in [0.05, 0.1) is 20.1 Å². The Hall–Kier alpha value is -5.11. The Morgan fingerprint density at radius 2 is 1.72 bits per heavy atom. The first-order valence-corrected chi connectivity index (χ1v) is 16.3. The van der Waals surface area contributed by atoms with Gasteiger partial charge in [0.1, 0.15) is 17.7 Å². The Labute approximate surface area is 274 Å². The number of nitrogens with one attached hydrogen (secondary N) is 5. The Morgan fingerprint density at radius 1 is 0.936 bits per heavy atom. The van der Waals surface area contributed by atoms with Crippen molar-refractivity contribution in [2.24, 2.45) is 0 Å². The van der Waals surface area contributed by atoms with Crippen molar-refractivity contribution in [3.63, 3.8) is 0 Å². The highest BCUT2D eigenvalue weighted by molar-refractivity contribution is 7.98.